The van der Waals surface area contributed by atoms with E-state index in [-0.39, 0.29) is 6.09 Å². The van der Waals surface area contributed by atoms with Gasteiger partial charge in [-0.25, -0.2) is 14.8 Å². The fraction of sp³-hybridized carbons (Fsp3) is 0.571. The lowest BCUT2D eigenvalue weighted by molar-refractivity contribution is 0.0170. The van der Waals surface area contributed by atoms with Gasteiger partial charge < -0.3 is 19.9 Å². The monoisotopic (exact) mass is 385 g/mol. The van der Waals surface area contributed by atoms with Gasteiger partial charge in [0, 0.05) is 33.7 Å². The van der Waals surface area contributed by atoms with Crippen LogP contribution in [-0.4, -0.2) is 60.3 Å². The standard InChI is InChI=1S/C21H31N5O2/c1-21(2,3)28-20(27)26-12-8-9-15(14-26)13-25(5)19-18(22-4)23-16-10-6-7-11-17(16)24-19/h6-7,10-11,15H,8-9,12-14H2,1-5H3,(H,22,23). The third-order valence-corrected chi connectivity index (χ3v) is 4.85. The number of likely N-dealkylation sites (tertiary alicyclic amines) is 1. The van der Waals surface area contributed by atoms with E-state index in [1.807, 2.05) is 64.0 Å². The molecule has 1 unspecified atom stereocenters. The zero-order valence-electron chi connectivity index (χ0n) is 17.5. The summed E-state index contributed by atoms with van der Waals surface area (Å²) in [5.74, 6) is 1.96. The molecule has 1 aliphatic heterocycles. The Bertz CT molecular complexity index is 833. The van der Waals surface area contributed by atoms with Crippen LogP contribution in [0.15, 0.2) is 24.3 Å². The van der Waals surface area contributed by atoms with Crippen molar-refractivity contribution in [3.8, 4) is 0 Å². The molecule has 1 amide bonds. The predicted molar refractivity (Wildman–Crippen MR) is 113 cm³/mol. The van der Waals surface area contributed by atoms with Crippen molar-refractivity contribution in [3.05, 3.63) is 24.3 Å². The van der Waals surface area contributed by atoms with Gasteiger partial charge in [-0.1, -0.05) is 12.1 Å². The molecule has 0 aliphatic carbocycles. The molecule has 1 atom stereocenters. The van der Waals surface area contributed by atoms with Crippen LogP contribution in [0.1, 0.15) is 33.6 Å². The van der Waals surface area contributed by atoms with Crippen molar-refractivity contribution in [1.82, 2.24) is 14.9 Å². The summed E-state index contributed by atoms with van der Waals surface area (Å²) in [6, 6.07) is 7.88. The number of carbonyl (C=O) groups is 1. The van der Waals surface area contributed by atoms with E-state index < -0.39 is 5.60 Å². The fourth-order valence-electron chi connectivity index (χ4n) is 3.60. The average Bonchev–Trinajstić information content (AvgIpc) is 2.65. The van der Waals surface area contributed by atoms with Crippen LogP contribution in [0.2, 0.25) is 0 Å². The molecule has 152 valence electrons. The lowest BCUT2D eigenvalue weighted by atomic mass is 9.98. The number of carbonyl (C=O) groups excluding carboxylic acids is 1. The second kappa shape index (κ2) is 8.20. The zero-order chi connectivity index (χ0) is 20.3. The number of hydrogen-bond donors (Lipinski definition) is 1. The van der Waals surface area contributed by atoms with E-state index in [0.717, 1.165) is 48.6 Å². The number of para-hydroxylation sites is 2. The first-order valence-corrected chi connectivity index (χ1v) is 9.90. The maximum Gasteiger partial charge on any atom is 0.410 e. The van der Waals surface area contributed by atoms with Crippen LogP contribution < -0.4 is 10.2 Å². The molecule has 0 saturated carbocycles. The molecule has 1 aromatic carbocycles. The summed E-state index contributed by atoms with van der Waals surface area (Å²) in [7, 11) is 3.90. The first kappa shape index (κ1) is 20.2. The molecule has 1 aliphatic rings. The second-order valence-electron chi connectivity index (χ2n) is 8.45. The largest absolute Gasteiger partial charge is 0.444 e. The van der Waals surface area contributed by atoms with E-state index in [9.17, 15) is 4.79 Å². The summed E-state index contributed by atoms with van der Waals surface area (Å²) >= 11 is 0. The molecule has 0 spiro atoms. The minimum Gasteiger partial charge on any atom is -0.444 e. The van der Waals surface area contributed by atoms with E-state index in [1.54, 1.807) is 0 Å². The van der Waals surface area contributed by atoms with Gasteiger partial charge in [-0.3, -0.25) is 0 Å². The smallest absolute Gasteiger partial charge is 0.410 e. The Kier molecular flexibility index (Phi) is 5.91. The van der Waals surface area contributed by atoms with Crippen LogP contribution in [0.3, 0.4) is 0 Å². The van der Waals surface area contributed by atoms with Gasteiger partial charge in [-0.15, -0.1) is 0 Å². The zero-order valence-corrected chi connectivity index (χ0v) is 17.5. The molecular formula is C21H31N5O2. The lowest BCUT2D eigenvalue weighted by Crippen LogP contribution is -2.45. The minimum absolute atomic E-state index is 0.221. The van der Waals surface area contributed by atoms with Crippen molar-refractivity contribution >= 4 is 28.8 Å². The number of ether oxygens (including phenoxy) is 1. The van der Waals surface area contributed by atoms with E-state index in [2.05, 4.69) is 10.2 Å². The van der Waals surface area contributed by atoms with Crippen molar-refractivity contribution in [2.45, 2.75) is 39.2 Å². The van der Waals surface area contributed by atoms with Gasteiger partial charge in [-0.05, 0) is 51.7 Å². The molecule has 1 fully saturated rings. The van der Waals surface area contributed by atoms with E-state index in [0.29, 0.717) is 12.5 Å². The van der Waals surface area contributed by atoms with Crippen molar-refractivity contribution in [2.24, 2.45) is 5.92 Å². The van der Waals surface area contributed by atoms with E-state index >= 15 is 0 Å². The number of benzene rings is 1. The highest BCUT2D eigenvalue weighted by molar-refractivity contribution is 5.80. The molecule has 0 radical (unpaired) electrons. The molecule has 1 aromatic heterocycles. The van der Waals surface area contributed by atoms with E-state index in [1.165, 1.54) is 0 Å². The number of rotatable bonds is 4. The average molecular weight is 386 g/mol. The number of nitrogens with zero attached hydrogens (tertiary/aromatic N) is 4. The Morgan fingerprint density at radius 2 is 1.96 bits per heavy atom. The molecular weight excluding hydrogens is 354 g/mol. The first-order chi connectivity index (χ1) is 13.3. The maximum atomic E-state index is 12.4. The number of piperidine rings is 1. The molecule has 28 heavy (non-hydrogen) atoms. The number of nitrogens with one attached hydrogen (secondary N) is 1. The first-order valence-electron chi connectivity index (χ1n) is 9.90. The highest BCUT2D eigenvalue weighted by Crippen LogP contribution is 2.26. The summed E-state index contributed by atoms with van der Waals surface area (Å²) in [5.41, 5.74) is 1.28. The van der Waals surface area contributed by atoms with Gasteiger partial charge >= 0.3 is 6.09 Å². The quantitative estimate of drug-likeness (QED) is 0.864. The summed E-state index contributed by atoms with van der Waals surface area (Å²) in [5, 5.41) is 3.16. The summed E-state index contributed by atoms with van der Waals surface area (Å²) < 4.78 is 5.54. The number of fused-ring (bicyclic) bond motifs is 1. The van der Waals surface area contributed by atoms with Crippen LogP contribution in [0.4, 0.5) is 16.4 Å². The fourth-order valence-corrected chi connectivity index (χ4v) is 3.60. The van der Waals surface area contributed by atoms with Crippen molar-refractivity contribution in [3.63, 3.8) is 0 Å². The maximum absolute atomic E-state index is 12.4. The Balaban J connectivity index is 1.71. The summed E-state index contributed by atoms with van der Waals surface area (Å²) in [6.45, 7) is 7.97. The van der Waals surface area contributed by atoms with E-state index in [4.69, 9.17) is 14.7 Å². The van der Waals surface area contributed by atoms with Crippen LogP contribution in [0.5, 0.6) is 0 Å². The molecule has 2 aromatic rings. The van der Waals surface area contributed by atoms with Crippen LogP contribution >= 0.6 is 0 Å². The Morgan fingerprint density at radius 1 is 1.29 bits per heavy atom. The second-order valence-corrected chi connectivity index (χ2v) is 8.45. The summed E-state index contributed by atoms with van der Waals surface area (Å²) in [6.07, 6.45) is 1.85. The minimum atomic E-state index is -0.469. The van der Waals surface area contributed by atoms with Crippen LogP contribution in [0, 0.1) is 5.92 Å². The van der Waals surface area contributed by atoms with Crippen molar-refractivity contribution in [2.75, 3.05) is 43.9 Å². The third kappa shape index (κ3) is 4.82. The topological polar surface area (TPSA) is 70.6 Å². The van der Waals surface area contributed by atoms with Crippen LogP contribution in [0.25, 0.3) is 11.0 Å². The molecule has 7 nitrogen and oxygen atoms in total. The molecule has 1 N–H and O–H groups in total. The van der Waals surface area contributed by atoms with Gasteiger partial charge in [0.1, 0.15) is 5.60 Å². The van der Waals surface area contributed by atoms with Gasteiger partial charge in [0.05, 0.1) is 11.0 Å². The molecule has 7 heteroatoms. The lowest BCUT2D eigenvalue weighted by Gasteiger charge is -2.36. The number of amides is 1. The third-order valence-electron chi connectivity index (χ3n) is 4.85. The number of anilines is 2. The molecule has 2 heterocycles. The number of hydrogen-bond acceptors (Lipinski definition) is 6. The van der Waals surface area contributed by atoms with Crippen molar-refractivity contribution in [1.29, 1.82) is 0 Å². The molecule has 1 saturated heterocycles. The highest BCUT2D eigenvalue weighted by Gasteiger charge is 2.28. The van der Waals surface area contributed by atoms with Crippen molar-refractivity contribution < 1.29 is 9.53 Å². The summed E-state index contributed by atoms with van der Waals surface area (Å²) in [4.78, 5) is 25.9. The molecule has 3 rings (SSSR count). The Labute approximate surface area is 167 Å². The van der Waals surface area contributed by atoms with Gasteiger partial charge in [0.25, 0.3) is 0 Å². The predicted octanol–water partition coefficient (Wildman–Crippen LogP) is 3.75. The van der Waals surface area contributed by atoms with Gasteiger partial charge in [-0.2, -0.15) is 0 Å². The normalized spacial score (nSPS) is 17.5. The SMILES string of the molecule is CNc1nc2ccccc2nc1N(C)CC1CCCN(C(=O)OC(C)(C)C)C1. The Hall–Kier alpha value is -2.57. The number of aromatic nitrogens is 2. The van der Waals surface area contributed by atoms with Gasteiger partial charge in [0.15, 0.2) is 11.6 Å². The molecule has 0 bridgehead atoms. The highest BCUT2D eigenvalue weighted by atomic mass is 16.6. The Morgan fingerprint density at radius 3 is 2.61 bits per heavy atom. The van der Waals surface area contributed by atoms with Gasteiger partial charge in [0.2, 0.25) is 0 Å². The van der Waals surface area contributed by atoms with Crippen LogP contribution in [-0.2, 0) is 4.74 Å².